The number of hydrogen-bond donors (Lipinski definition) is 3. The van der Waals surface area contributed by atoms with Crippen LogP contribution in [0.4, 0.5) is 11.4 Å². The minimum atomic E-state index is -0.236. The van der Waals surface area contributed by atoms with E-state index in [9.17, 15) is 0 Å². The van der Waals surface area contributed by atoms with Crippen LogP contribution in [-0.2, 0) is 6.42 Å². The summed E-state index contributed by atoms with van der Waals surface area (Å²) in [5, 5.41) is 0. The van der Waals surface area contributed by atoms with Crippen LogP contribution in [0.5, 0.6) is 0 Å². The first kappa shape index (κ1) is 12.5. The van der Waals surface area contributed by atoms with Crippen LogP contribution in [0.3, 0.4) is 0 Å². The summed E-state index contributed by atoms with van der Waals surface area (Å²) in [6, 6.07) is 13.4. The molecule has 0 saturated heterocycles. The van der Waals surface area contributed by atoms with Crippen LogP contribution < -0.4 is 17.2 Å². The minimum Gasteiger partial charge on any atom is -0.399 e. The fourth-order valence-electron chi connectivity index (χ4n) is 2.14. The van der Waals surface area contributed by atoms with Crippen LogP contribution in [0.2, 0.25) is 0 Å². The Labute approximate surface area is 108 Å². The molecular weight excluding hydrogens is 222 g/mol. The monoisotopic (exact) mass is 241 g/mol. The molecule has 0 aliphatic carbocycles. The normalized spacial score (nSPS) is 12.3. The van der Waals surface area contributed by atoms with Crippen molar-refractivity contribution in [3.05, 3.63) is 59.2 Å². The molecule has 1 atom stereocenters. The Bertz CT molecular complexity index is 549. The number of anilines is 2. The second-order valence-electron chi connectivity index (χ2n) is 4.42. The molecule has 0 spiro atoms. The van der Waals surface area contributed by atoms with Crippen LogP contribution in [0.15, 0.2) is 42.5 Å². The summed E-state index contributed by atoms with van der Waals surface area (Å²) < 4.78 is 0. The maximum absolute atomic E-state index is 6.27. The number of aryl methyl sites for hydroxylation is 1. The van der Waals surface area contributed by atoms with Crippen molar-refractivity contribution in [2.75, 3.05) is 11.5 Å². The average molecular weight is 241 g/mol. The van der Waals surface area contributed by atoms with E-state index in [1.807, 2.05) is 42.5 Å². The molecule has 2 aromatic rings. The Hall–Kier alpha value is -2.00. The molecule has 6 N–H and O–H groups in total. The second-order valence-corrected chi connectivity index (χ2v) is 4.42. The van der Waals surface area contributed by atoms with Crippen LogP contribution >= 0.6 is 0 Å². The van der Waals surface area contributed by atoms with E-state index in [0.717, 1.165) is 28.8 Å². The lowest BCUT2D eigenvalue weighted by Crippen LogP contribution is -2.15. The summed E-state index contributed by atoms with van der Waals surface area (Å²) in [4.78, 5) is 0. The zero-order valence-corrected chi connectivity index (χ0v) is 10.6. The maximum Gasteiger partial charge on any atom is 0.0572 e. The molecule has 0 aliphatic heterocycles. The third kappa shape index (κ3) is 2.31. The van der Waals surface area contributed by atoms with Gasteiger partial charge in [-0.1, -0.05) is 37.3 Å². The van der Waals surface area contributed by atoms with E-state index in [0.29, 0.717) is 5.69 Å². The summed E-state index contributed by atoms with van der Waals surface area (Å²) in [7, 11) is 0. The van der Waals surface area contributed by atoms with E-state index in [2.05, 4.69) is 6.92 Å². The zero-order valence-electron chi connectivity index (χ0n) is 10.6. The lowest BCUT2D eigenvalue weighted by atomic mass is 9.95. The Kier molecular flexibility index (Phi) is 3.53. The summed E-state index contributed by atoms with van der Waals surface area (Å²) in [6.07, 6.45) is 0.906. The smallest absolute Gasteiger partial charge is 0.0572 e. The van der Waals surface area contributed by atoms with Gasteiger partial charge >= 0.3 is 0 Å². The molecule has 3 heteroatoms. The molecular formula is C15H19N3. The van der Waals surface area contributed by atoms with Crippen molar-refractivity contribution in [3.63, 3.8) is 0 Å². The molecule has 18 heavy (non-hydrogen) atoms. The van der Waals surface area contributed by atoms with E-state index in [-0.39, 0.29) is 6.04 Å². The first-order valence-electron chi connectivity index (χ1n) is 6.11. The lowest BCUT2D eigenvalue weighted by Gasteiger charge is -2.17. The molecule has 94 valence electrons. The quantitative estimate of drug-likeness (QED) is 0.722. The van der Waals surface area contributed by atoms with Gasteiger partial charge in [-0.3, -0.25) is 0 Å². The molecule has 0 amide bonds. The third-order valence-corrected chi connectivity index (χ3v) is 3.22. The Balaban J connectivity index is 2.43. The fourth-order valence-corrected chi connectivity index (χ4v) is 2.14. The van der Waals surface area contributed by atoms with Crippen molar-refractivity contribution < 1.29 is 0 Å². The number of hydrogen-bond acceptors (Lipinski definition) is 3. The van der Waals surface area contributed by atoms with Crippen molar-refractivity contribution in [2.24, 2.45) is 5.73 Å². The number of benzene rings is 2. The van der Waals surface area contributed by atoms with Gasteiger partial charge in [0.05, 0.1) is 6.04 Å². The van der Waals surface area contributed by atoms with Crippen molar-refractivity contribution in [3.8, 4) is 0 Å². The van der Waals surface area contributed by atoms with Gasteiger partial charge in [0, 0.05) is 11.4 Å². The standard InChI is InChI=1S/C15H19N3/c1-2-10-5-4-8-13(14(10)17)15(18)11-6-3-7-12(16)9-11/h3-9,15H,2,16-18H2,1H3. The summed E-state index contributed by atoms with van der Waals surface area (Å²) >= 11 is 0. The van der Waals surface area contributed by atoms with Gasteiger partial charge in [-0.15, -0.1) is 0 Å². The van der Waals surface area contributed by atoms with Gasteiger partial charge in [0.2, 0.25) is 0 Å². The molecule has 0 fully saturated rings. The second kappa shape index (κ2) is 5.10. The highest BCUT2D eigenvalue weighted by molar-refractivity contribution is 5.57. The predicted octanol–water partition coefficient (Wildman–Crippen LogP) is 2.46. The molecule has 0 radical (unpaired) electrons. The molecule has 0 saturated carbocycles. The largest absolute Gasteiger partial charge is 0.399 e. The Morgan fingerprint density at radius 2 is 1.78 bits per heavy atom. The van der Waals surface area contributed by atoms with E-state index in [1.54, 1.807) is 0 Å². The average Bonchev–Trinajstić information content (AvgIpc) is 2.38. The molecule has 0 aromatic heterocycles. The number of para-hydroxylation sites is 1. The summed E-state index contributed by atoms with van der Waals surface area (Å²) in [5.74, 6) is 0. The topological polar surface area (TPSA) is 78.1 Å². The van der Waals surface area contributed by atoms with Gasteiger partial charge in [0.15, 0.2) is 0 Å². The molecule has 1 unspecified atom stereocenters. The van der Waals surface area contributed by atoms with Crippen LogP contribution in [-0.4, -0.2) is 0 Å². The highest BCUT2D eigenvalue weighted by atomic mass is 14.7. The highest BCUT2D eigenvalue weighted by Crippen LogP contribution is 2.28. The van der Waals surface area contributed by atoms with E-state index < -0.39 is 0 Å². The zero-order chi connectivity index (χ0) is 13.1. The van der Waals surface area contributed by atoms with Gasteiger partial charge in [0.1, 0.15) is 0 Å². The van der Waals surface area contributed by atoms with Gasteiger partial charge in [-0.25, -0.2) is 0 Å². The molecule has 0 aliphatic rings. The van der Waals surface area contributed by atoms with Crippen molar-refractivity contribution in [1.29, 1.82) is 0 Å². The molecule has 0 heterocycles. The van der Waals surface area contributed by atoms with Crippen molar-refractivity contribution >= 4 is 11.4 Å². The van der Waals surface area contributed by atoms with Crippen molar-refractivity contribution in [1.82, 2.24) is 0 Å². The molecule has 2 aromatic carbocycles. The maximum atomic E-state index is 6.27. The number of rotatable bonds is 3. The minimum absolute atomic E-state index is 0.236. The van der Waals surface area contributed by atoms with Crippen LogP contribution in [0, 0.1) is 0 Å². The first-order chi connectivity index (χ1) is 8.63. The van der Waals surface area contributed by atoms with Gasteiger partial charge in [0.25, 0.3) is 0 Å². The van der Waals surface area contributed by atoms with Gasteiger partial charge in [-0.05, 0) is 35.2 Å². The lowest BCUT2D eigenvalue weighted by molar-refractivity contribution is 0.871. The van der Waals surface area contributed by atoms with Gasteiger partial charge in [-0.2, -0.15) is 0 Å². The number of nitrogens with two attached hydrogens (primary N) is 3. The molecule has 0 bridgehead atoms. The van der Waals surface area contributed by atoms with E-state index >= 15 is 0 Å². The highest BCUT2D eigenvalue weighted by Gasteiger charge is 2.13. The Morgan fingerprint density at radius 3 is 2.44 bits per heavy atom. The number of nitrogen functional groups attached to an aromatic ring is 2. The van der Waals surface area contributed by atoms with Crippen molar-refractivity contribution in [2.45, 2.75) is 19.4 Å². The fraction of sp³-hybridized carbons (Fsp3) is 0.200. The molecule has 2 rings (SSSR count). The summed E-state index contributed by atoms with van der Waals surface area (Å²) in [6.45, 7) is 2.08. The van der Waals surface area contributed by atoms with E-state index in [4.69, 9.17) is 17.2 Å². The Morgan fingerprint density at radius 1 is 1.06 bits per heavy atom. The predicted molar refractivity (Wildman–Crippen MR) is 77.1 cm³/mol. The van der Waals surface area contributed by atoms with Crippen LogP contribution in [0.25, 0.3) is 0 Å². The summed E-state index contributed by atoms with van der Waals surface area (Å²) in [5.41, 5.74) is 22.8. The van der Waals surface area contributed by atoms with E-state index in [1.165, 1.54) is 0 Å². The first-order valence-corrected chi connectivity index (χ1v) is 6.11. The molecule has 3 nitrogen and oxygen atoms in total. The third-order valence-electron chi connectivity index (χ3n) is 3.22. The SMILES string of the molecule is CCc1cccc(C(N)c2cccc(N)c2)c1N. The van der Waals surface area contributed by atoms with Crippen LogP contribution in [0.1, 0.15) is 29.7 Å². The van der Waals surface area contributed by atoms with Gasteiger partial charge < -0.3 is 17.2 Å².